The third-order valence-electron chi connectivity index (χ3n) is 3.07. The first-order chi connectivity index (χ1) is 10.2. The van der Waals surface area contributed by atoms with E-state index < -0.39 is 5.97 Å². The van der Waals surface area contributed by atoms with Crippen molar-refractivity contribution in [1.82, 2.24) is 10.3 Å². The fourth-order valence-corrected chi connectivity index (χ4v) is 2.00. The Labute approximate surface area is 123 Å². The largest absolute Gasteiger partial charge is 0.484 e. The third kappa shape index (κ3) is 4.29. The van der Waals surface area contributed by atoms with Crippen LogP contribution in [0.25, 0.3) is 0 Å². The first-order valence-corrected chi connectivity index (χ1v) is 6.75. The van der Waals surface area contributed by atoms with E-state index in [9.17, 15) is 4.79 Å². The number of carboxylic acids is 1. The molecule has 1 heterocycles. The zero-order chi connectivity index (χ0) is 15.1. The summed E-state index contributed by atoms with van der Waals surface area (Å²) in [6.45, 7) is 0.797. The van der Waals surface area contributed by atoms with Gasteiger partial charge in [0.2, 0.25) is 0 Å². The van der Waals surface area contributed by atoms with Gasteiger partial charge in [0.15, 0.2) is 0 Å². The number of aromatic carboxylic acids is 1. The Morgan fingerprint density at radius 1 is 1.33 bits per heavy atom. The second-order valence-electron chi connectivity index (χ2n) is 4.62. The van der Waals surface area contributed by atoms with Gasteiger partial charge in [-0.15, -0.1) is 0 Å². The van der Waals surface area contributed by atoms with E-state index in [-0.39, 0.29) is 11.7 Å². The molecule has 0 spiro atoms. The van der Waals surface area contributed by atoms with Crippen LogP contribution in [0.4, 0.5) is 0 Å². The van der Waals surface area contributed by atoms with Crippen molar-refractivity contribution in [3.63, 3.8) is 0 Å². The van der Waals surface area contributed by atoms with Crippen LogP contribution in [0.2, 0.25) is 0 Å². The molecule has 110 valence electrons. The molecule has 0 radical (unpaired) electrons. The van der Waals surface area contributed by atoms with E-state index in [1.165, 1.54) is 18.5 Å². The van der Waals surface area contributed by atoms with Crippen LogP contribution in [0.3, 0.4) is 0 Å². The highest BCUT2D eigenvalue weighted by atomic mass is 16.5. The Bertz CT molecular complexity index is 587. The highest BCUT2D eigenvalue weighted by Crippen LogP contribution is 2.24. The molecule has 0 bridgehead atoms. The molecule has 1 atom stereocenters. The number of carbonyl (C=O) groups is 1. The highest BCUT2D eigenvalue weighted by molar-refractivity contribution is 5.87. The lowest BCUT2D eigenvalue weighted by Crippen LogP contribution is -2.16. The number of pyridine rings is 1. The molecule has 21 heavy (non-hydrogen) atoms. The van der Waals surface area contributed by atoms with Crippen LogP contribution < -0.4 is 10.1 Å². The number of ether oxygens (including phenoxy) is 1. The maximum atomic E-state index is 11.0. The molecule has 0 fully saturated rings. The maximum Gasteiger partial charge on any atom is 0.337 e. The minimum absolute atomic E-state index is 0.118. The lowest BCUT2D eigenvalue weighted by Gasteiger charge is -2.19. The first-order valence-electron chi connectivity index (χ1n) is 6.75. The number of benzene rings is 1. The second kappa shape index (κ2) is 7.40. The van der Waals surface area contributed by atoms with E-state index in [0.29, 0.717) is 5.75 Å². The molecule has 0 saturated heterocycles. The molecule has 0 saturated carbocycles. The van der Waals surface area contributed by atoms with Gasteiger partial charge in [0, 0.05) is 12.6 Å². The zero-order valence-electron chi connectivity index (χ0n) is 11.8. The van der Waals surface area contributed by atoms with E-state index in [2.05, 4.69) is 10.3 Å². The van der Waals surface area contributed by atoms with Crippen molar-refractivity contribution in [2.24, 2.45) is 0 Å². The number of hydrogen-bond acceptors (Lipinski definition) is 4. The van der Waals surface area contributed by atoms with Crippen molar-refractivity contribution in [3.8, 4) is 5.75 Å². The van der Waals surface area contributed by atoms with Gasteiger partial charge in [0.05, 0.1) is 11.8 Å². The van der Waals surface area contributed by atoms with Gasteiger partial charge in [-0.3, -0.25) is 4.98 Å². The molecule has 2 aromatic rings. The molecule has 2 N–H and O–H groups in total. The van der Waals surface area contributed by atoms with Crippen LogP contribution in [0.5, 0.6) is 5.75 Å². The summed E-state index contributed by atoms with van der Waals surface area (Å²) in [7, 11) is 1.88. The zero-order valence-corrected chi connectivity index (χ0v) is 11.8. The lowest BCUT2D eigenvalue weighted by atomic mass is 10.1. The molecule has 2 rings (SSSR count). The Morgan fingerprint density at radius 3 is 2.76 bits per heavy atom. The monoisotopic (exact) mass is 286 g/mol. The highest BCUT2D eigenvalue weighted by Gasteiger charge is 2.14. The molecule has 5 nitrogen and oxygen atoms in total. The number of nitrogens with one attached hydrogen (secondary N) is 1. The van der Waals surface area contributed by atoms with Crippen molar-refractivity contribution in [1.29, 1.82) is 0 Å². The van der Waals surface area contributed by atoms with Gasteiger partial charge in [-0.25, -0.2) is 4.79 Å². The molecular formula is C16H18N2O3. The van der Waals surface area contributed by atoms with Crippen LogP contribution in [0.1, 0.15) is 28.4 Å². The first kappa shape index (κ1) is 15.0. The van der Waals surface area contributed by atoms with E-state index in [1.54, 1.807) is 0 Å². The average Bonchev–Trinajstić information content (AvgIpc) is 2.52. The molecule has 0 aliphatic carbocycles. The van der Waals surface area contributed by atoms with Crippen LogP contribution in [-0.2, 0) is 0 Å². The Hall–Kier alpha value is -2.40. The fourth-order valence-electron chi connectivity index (χ4n) is 2.00. The van der Waals surface area contributed by atoms with Crippen molar-refractivity contribution >= 4 is 5.97 Å². The third-order valence-corrected chi connectivity index (χ3v) is 3.07. The standard InChI is InChI=1S/C16H18N2O3/c1-17-8-7-15(12-5-3-2-4-6-12)21-14-9-13(16(19)20)10-18-11-14/h2-6,9-11,15,17H,7-8H2,1H3,(H,19,20). The number of nitrogens with zero attached hydrogens (tertiary/aromatic N) is 1. The predicted octanol–water partition coefficient (Wildman–Crippen LogP) is 2.51. The predicted molar refractivity (Wildman–Crippen MR) is 79.6 cm³/mol. The Morgan fingerprint density at radius 2 is 2.10 bits per heavy atom. The number of aromatic nitrogens is 1. The summed E-state index contributed by atoms with van der Waals surface area (Å²) in [5.74, 6) is -0.556. The number of carboxylic acid groups (broad SMARTS) is 1. The normalized spacial score (nSPS) is 11.9. The summed E-state index contributed by atoms with van der Waals surface area (Å²) in [5.41, 5.74) is 1.17. The van der Waals surface area contributed by atoms with Gasteiger partial charge in [-0.1, -0.05) is 30.3 Å². The van der Waals surface area contributed by atoms with Gasteiger partial charge < -0.3 is 15.2 Å². The van der Waals surface area contributed by atoms with Gasteiger partial charge in [-0.2, -0.15) is 0 Å². The van der Waals surface area contributed by atoms with Gasteiger partial charge in [-0.05, 0) is 25.2 Å². The smallest absolute Gasteiger partial charge is 0.337 e. The summed E-state index contributed by atoms with van der Waals surface area (Å²) < 4.78 is 5.93. The van der Waals surface area contributed by atoms with Crippen molar-refractivity contribution < 1.29 is 14.6 Å². The van der Waals surface area contributed by atoms with Crippen molar-refractivity contribution in [2.75, 3.05) is 13.6 Å². The second-order valence-corrected chi connectivity index (χ2v) is 4.62. The molecule has 0 aliphatic heterocycles. The van der Waals surface area contributed by atoms with Crippen LogP contribution in [0.15, 0.2) is 48.8 Å². The number of rotatable bonds is 7. The van der Waals surface area contributed by atoms with Crippen LogP contribution >= 0.6 is 0 Å². The van der Waals surface area contributed by atoms with Gasteiger partial charge >= 0.3 is 5.97 Å². The minimum atomic E-state index is -1.01. The summed E-state index contributed by atoms with van der Waals surface area (Å²) in [5, 5.41) is 12.1. The Balaban J connectivity index is 2.18. The molecule has 5 heteroatoms. The molecule has 0 amide bonds. The Kier molecular flexibility index (Phi) is 5.29. The molecule has 1 aromatic heterocycles. The topological polar surface area (TPSA) is 71.5 Å². The minimum Gasteiger partial charge on any atom is -0.484 e. The summed E-state index contributed by atoms with van der Waals surface area (Å²) in [6, 6.07) is 11.3. The maximum absolute atomic E-state index is 11.0. The molecule has 0 aliphatic rings. The SMILES string of the molecule is CNCCC(Oc1cncc(C(=O)O)c1)c1ccccc1. The van der Waals surface area contributed by atoms with E-state index in [0.717, 1.165) is 18.5 Å². The molecule has 1 aromatic carbocycles. The summed E-state index contributed by atoms with van der Waals surface area (Å²) in [4.78, 5) is 14.9. The number of hydrogen-bond donors (Lipinski definition) is 2. The van der Waals surface area contributed by atoms with E-state index in [1.807, 2.05) is 37.4 Å². The van der Waals surface area contributed by atoms with Crippen molar-refractivity contribution in [3.05, 3.63) is 59.9 Å². The lowest BCUT2D eigenvalue weighted by molar-refractivity contribution is 0.0695. The fraction of sp³-hybridized carbons (Fsp3) is 0.250. The van der Waals surface area contributed by atoms with Gasteiger partial charge in [0.25, 0.3) is 0 Å². The average molecular weight is 286 g/mol. The van der Waals surface area contributed by atoms with Crippen molar-refractivity contribution in [2.45, 2.75) is 12.5 Å². The van der Waals surface area contributed by atoms with Crippen LogP contribution in [-0.4, -0.2) is 29.7 Å². The summed E-state index contributed by atoms with van der Waals surface area (Å²) in [6.07, 6.45) is 3.46. The van der Waals surface area contributed by atoms with E-state index in [4.69, 9.17) is 9.84 Å². The summed E-state index contributed by atoms with van der Waals surface area (Å²) >= 11 is 0. The van der Waals surface area contributed by atoms with Gasteiger partial charge in [0.1, 0.15) is 11.9 Å². The molecular weight excluding hydrogens is 268 g/mol. The molecule has 1 unspecified atom stereocenters. The van der Waals surface area contributed by atoms with E-state index >= 15 is 0 Å². The quantitative estimate of drug-likeness (QED) is 0.818. The van der Waals surface area contributed by atoms with Crippen LogP contribution in [0, 0.1) is 0 Å².